The van der Waals surface area contributed by atoms with Gasteiger partial charge in [0, 0.05) is 29.6 Å². The molecule has 1 aliphatic heterocycles. The first-order chi connectivity index (χ1) is 7.36. The molecule has 2 aromatic rings. The lowest BCUT2D eigenvalue weighted by molar-refractivity contribution is 0.708. The molecule has 1 aromatic heterocycles. The number of nitrogens with one attached hydrogen (secondary N) is 2. The summed E-state index contributed by atoms with van der Waals surface area (Å²) in [4.78, 5) is 3.47. The van der Waals surface area contributed by atoms with Gasteiger partial charge in [-0.2, -0.15) is 0 Å². The zero-order chi connectivity index (χ0) is 10.3. The molecule has 0 saturated carbocycles. The van der Waals surface area contributed by atoms with Gasteiger partial charge in [0.15, 0.2) is 0 Å². The predicted molar refractivity (Wildman–Crippen MR) is 63.6 cm³/mol. The highest BCUT2D eigenvalue weighted by Crippen LogP contribution is 2.30. The number of H-pyrrole nitrogens is 1. The Morgan fingerprint density at radius 2 is 2.00 bits per heavy atom. The first kappa shape index (κ1) is 9.25. The largest absolute Gasteiger partial charge is 0.358 e. The van der Waals surface area contributed by atoms with E-state index in [2.05, 4.69) is 16.4 Å². The fourth-order valence-electron chi connectivity index (χ4n) is 2.36. The average Bonchev–Trinajstić information content (AvgIpc) is 2.43. The van der Waals surface area contributed by atoms with E-state index in [4.69, 9.17) is 11.6 Å². The molecule has 0 unspecified atom stereocenters. The van der Waals surface area contributed by atoms with E-state index in [1.165, 1.54) is 22.2 Å². The van der Waals surface area contributed by atoms with Crippen LogP contribution in [0.5, 0.6) is 0 Å². The third kappa shape index (κ3) is 1.45. The van der Waals surface area contributed by atoms with Crippen LogP contribution in [0.2, 0.25) is 5.02 Å². The molecule has 1 aliphatic rings. The van der Waals surface area contributed by atoms with Crippen molar-refractivity contribution in [1.29, 1.82) is 0 Å². The van der Waals surface area contributed by atoms with Crippen molar-refractivity contribution in [1.82, 2.24) is 10.3 Å². The summed E-state index contributed by atoms with van der Waals surface area (Å²) in [6, 6.07) is 6.07. The van der Waals surface area contributed by atoms with Gasteiger partial charge in [-0.05, 0) is 30.7 Å². The van der Waals surface area contributed by atoms with Gasteiger partial charge in [0.2, 0.25) is 0 Å². The van der Waals surface area contributed by atoms with Crippen molar-refractivity contribution in [2.24, 2.45) is 0 Å². The number of fused-ring (bicyclic) bond motifs is 3. The van der Waals surface area contributed by atoms with E-state index in [1.807, 2.05) is 12.1 Å². The SMILES string of the molecule is Clc1cccc2[nH]c3c(c12)CCNCC3. The lowest BCUT2D eigenvalue weighted by Gasteiger charge is -1.99. The highest BCUT2D eigenvalue weighted by molar-refractivity contribution is 6.35. The predicted octanol–water partition coefficient (Wildman–Crippen LogP) is 2.51. The number of benzene rings is 1. The van der Waals surface area contributed by atoms with Crippen molar-refractivity contribution in [3.8, 4) is 0 Å². The fourth-order valence-corrected chi connectivity index (χ4v) is 2.65. The molecule has 3 rings (SSSR count). The van der Waals surface area contributed by atoms with E-state index in [1.54, 1.807) is 0 Å². The van der Waals surface area contributed by atoms with Gasteiger partial charge in [-0.3, -0.25) is 0 Å². The summed E-state index contributed by atoms with van der Waals surface area (Å²) in [5.74, 6) is 0. The number of aromatic nitrogens is 1. The van der Waals surface area contributed by atoms with E-state index in [0.29, 0.717) is 0 Å². The van der Waals surface area contributed by atoms with Crippen LogP contribution in [0, 0.1) is 0 Å². The van der Waals surface area contributed by atoms with Crippen LogP contribution in [0.25, 0.3) is 10.9 Å². The summed E-state index contributed by atoms with van der Waals surface area (Å²) in [6.45, 7) is 2.10. The monoisotopic (exact) mass is 220 g/mol. The van der Waals surface area contributed by atoms with Crippen molar-refractivity contribution >= 4 is 22.5 Å². The third-order valence-electron chi connectivity index (χ3n) is 3.07. The van der Waals surface area contributed by atoms with Crippen LogP contribution < -0.4 is 5.32 Å². The number of halogens is 1. The summed E-state index contributed by atoms with van der Waals surface area (Å²) >= 11 is 6.25. The van der Waals surface area contributed by atoms with Crippen LogP contribution >= 0.6 is 11.6 Å². The lowest BCUT2D eigenvalue weighted by atomic mass is 10.1. The zero-order valence-corrected chi connectivity index (χ0v) is 9.19. The van der Waals surface area contributed by atoms with Crippen molar-refractivity contribution in [2.75, 3.05) is 13.1 Å². The molecule has 0 spiro atoms. The van der Waals surface area contributed by atoms with Crippen LogP contribution in [0.1, 0.15) is 11.3 Å². The van der Waals surface area contributed by atoms with Crippen LogP contribution in [-0.2, 0) is 12.8 Å². The van der Waals surface area contributed by atoms with Crippen LogP contribution in [0.4, 0.5) is 0 Å². The van der Waals surface area contributed by atoms with E-state index in [9.17, 15) is 0 Å². The molecule has 1 aromatic carbocycles. The van der Waals surface area contributed by atoms with Crippen molar-refractivity contribution in [3.05, 3.63) is 34.5 Å². The van der Waals surface area contributed by atoms with Gasteiger partial charge in [-0.25, -0.2) is 0 Å². The number of hydrogen-bond donors (Lipinski definition) is 2. The smallest absolute Gasteiger partial charge is 0.0502 e. The maximum Gasteiger partial charge on any atom is 0.0502 e. The minimum Gasteiger partial charge on any atom is -0.358 e. The molecule has 3 heteroatoms. The summed E-state index contributed by atoms with van der Waals surface area (Å²) < 4.78 is 0. The number of rotatable bonds is 0. The number of aromatic amines is 1. The van der Waals surface area contributed by atoms with E-state index in [-0.39, 0.29) is 0 Å². The second kappa shape index (κ2) is 3.54. The summed E-state index contributed by atoms with van der Waals surface area (Å²) in [5.41, 5.74) is 3.93. The first-order valence-electron chi connectivity index (χ1n) is 5.35. The van der Waals surface area contributed by atoms with Crippen LogP contribution in [0.15, 0.2) is 18.2 Å². The minimum atomic E-state index is 0.868. The Balaban J connectivity index is 2.29. The molecular weight excluding hydrogens is 208 g/mol. The molecule has 15 heavy (non-hydrogen) atoms. The summed E-state index contributed by atoms with van der Waals surface area (Å²) in [5, 5.41) is 5.49. The molecule has 78 valence electrons. The Morgan fingerprint density at radius 1 is 1.13 bits per heavy atom. The molecule has 2 N–H and O–H groups in total. The quantitative estimate of drug-likeness (QED) is 0.702. The highest BCUT2D eigenvalue weighted by Gasteiger charge is 2.15. The van der Waals surface area contributed by atoms with Gasteiger partial charge in [-0.1, -0.05) is 17.7 Å². The van der Waals surface area contributed by atoms with Gasteiger partial charge in [0.1, 0.15) is 0 Å². The van der Waals surface area contributed by atoms with E-state index in [0.717, 1.165) is 31.0 Å². The van der Waals surface area contributed by atoms with Crippen molar-refractivity contribution in [2.45, 2.75) is 12.8 Å². The molecule has 0 atom stereocenters. The Morgan fingerprint density at radius 3 is 2.93 bits per heavy atom. The third-order valence-corrected chi connectivity index (χ3v) is 3.38. The van der Waals surface area contributed by atoms with Crippen molar-refractivity contribution in [3.63, 3.8) is 0 Å². The normalized spacial score (nSPS) is 16.3. The molecule has 2 nitrogen and oxygen atoms in total. The molecule has 0 saturated heterocycles. The Hall–Kier alpha value is -0.990. The number of hydrogen-bond acceptors (Lipinski definition) is 1. The van der Waals surface area contributed by atoms with E-state index >= 15 is 0 Å². The van der Waals surface area contributed by atoms with Crippen LogP contribution in [0.3, 0.4) is 0 Å². The summed E-state index contributed by atoms with van der Waals surface area (Å²) in [7, 11) is 0. The van der Waals surface area contributed by atoms with Gasteiger partial charge in [0.05, 0.1) is 5.02 Å². The molecule has 2 heterocycles. The Kier molecular flexibility index (Phi) is 2.19. The van der Waals surface area contributed by atoms with Gasteiger partial charge in [-0.15, -0.1) is 0 Å². The molecular formula is C12H13ClN2. The van der Waals surface area contributed by atoms with Crippen molar-refractivity contribution < 1.29 is 0 Å². The fraction of sp³-hybridized carbons (Fsp3) is 0.333. The van der Waals surface area contributed by atoms with E-state index < -0.39 is 0 Å². The maximum absolute atomic E-state index is 6.25. The van der Waals surface area contributed by atoms with Gasteiger partial charge in [0.25, 0.3) is 0 Å². The second-order valence-electron chi connectivity index (χ2n) is 3.99. The van der Waals surface area contributed by atoms with Crippen LogP contribution in [-0.4, -0.2) is 18.1 Å². The van der Waals surface area contributed by atoms with Gasteiger partial charge >= 0.3 is 0 Å². The zero-order valence-electron chi connectivity index (χ0n) is 8.44. The molecule has 0 aliphatic carbocycles. The topological polar surface area (TPSA) is 27.8 Å². The Bertz CT molecular complexity index is 502. The molecule has 0 fully saturated rings. The molecule has 0 amide bonds. The Labute approximate surface area is 93.6 Å². The molecule has 0 bridgehead atoms. The maximum atomic E-state index is 6.25. The average molecular weight is 221 g/mol. The highest BCUT2D eigenvalue weighted by atomic mass is 35.5. The minimum absolute atomic E-state index is 0.868. The summed E-state index contributed by atoms with van der Waals surface area (Å²) in [6.07, 6.45) is 2.14. The van der Waals surface area contributed by atoms with Gasteiger partial charge < -0.3 is 10.3 Å². The standard InChI is InChI=1S/C12H13ClN2/c13-9-2-1-3-11-12(9)8-4-6-14-7-5-10(8)15-11/h1-3,14-15H,4-7H2. The second-order valence-corrected chi connectivity index (χ2v) is 4.40. The molecule has 0 radical (unpaired) electrons. The lowest BCUT2D eigenvalue weighted by Crippen LogP contribution is -2.16. The first-order valence-corrected chi connectivity index (χ1v) is 5.73.